The van der Waals surface area contributed by atoms with Gasteiger partial charge in [-0.15, -0.1) is 0 Å². The van der Waals surface area contributed by atoms with Gasteiger partial charge in [0.1, 0.15) is 0 Å². The van der Waals surface area contributed by atoms with Crippen LogP contribution in [0.4, 0.5) is 13.2 Å². The molecular formula is C21H16Cl3F3N2O. The Hall–Kier alpha value is -1.73. The summed E-state index contributed by atoms with van der Waals surface area (Å²) < 4.78 is 48.2. The highest BCUT2D eigenvalue weighted by Crippen LogP contribution is 2.42. The molecule has 1 aliphatic rings. The van der Waals surface area contributed by atoms with E-state index < -0.39 is 11.7 Å². The molecular weight excluding hydrogens is 460 g/mol. The quantitative estimate of drug-likeness (QED) is 0.394. The third-order valence-corrected chi connectivity index (χ3v) is 5.81. The summed E-state index contributed by atoms with van der Waals surface area (Å²) >= 11 is 18.1. The zero-order valence-electron chi connectivity index (χ0n) is 15.5. The van der Waals surface area contributed by atoms with Crippen LogP contribution in [0.2, 0.25) is 15.1 Å². The highest BCUT2D eigenvalue weighted by Gasteiger charge is 2.37. The lowest BCUT2D eigenvalue weighted by atomic mass is 9.96. The van der Waals surface area contributed by atoms with Crippen LogP contribution >= 0.6 is 34.8 Å². The minimum atomic E-state index is -4.66. The first-order chi connectivity index (χ1) is 14.2. The minimum absolute atomic E-state index is 0.0893. The Bertz CT molecular complexity index is 1060. The van der Waals surface area contributed by atoms with E-state index in [2.05, 4.69) is 5.10 Å². The maximum absolute atomic E-state index is 13.9. The molecule has 1 aliphatic heterocycles. The summed E-state index contributed by atoms with van der Waals surface area (Å²) in [6, 6.07) is 10.8. The second-order valence-corrected chi connectivity index (χ2v) is 8.32. The molecule has 0 atom stereocenters. The van der Waals surface area contributed by atoms with E-state index >= 15 is 0 Å². The van der Waals surface area contributed by atoms with Gasteiger partial charge < -0.3 is 4.74 Å². The average Bonchev–Trinajstić information content (AvgIpc) is 3.13. The van der Waals surface area contributed by atoms with Crippen LogP contribution in [-0.4, -0.2) is 23.0 Å². The van der Waals surface area contributed by atoms with Crippen LogP contribution in [0.25, 0.3) is 16.9 Å². The molecule has 0 bridgehead atoms. The second-order valence-electron chi connectivity index (χ2n) is 7.04. The Morgan fingerprint density at radius 2 is 1.60 bits per heavy atom. The molecule has 3 nitrogen and oxygen atoms in total. The molecule has 0 amide bonds. The zero-order valence-corrected chi connectivity index (χ0v) is 17.8. The van der Waals surface area contributed by atoms with Gasteiger partial charge in [-0.2, -0.15) is 18.3 Å². The second kappa shape index (κ2) is 8.42. The van der Waals surface area contributed by atoms with Crippen molar-refractivity contribution in [2.45, 2.75) is 24.9 Å². The van der Waals surface area contributed by atoms with Crippen LogP contribution in [0.1, 0.15) is 30.0 Å². The zero-order chi connectivity index (χ0) is 21.5. The van der Waals surface area contributed by atoms with Crippen molar-refractivity contribution >= 4 is 34.8 Å². The van der Waals surface area contributed by atoms with Crippen molar-refractivity contribution in [3.63, 3.8) is 0 Å². The number of alkyl halides is 3. The number of aromatic nitrogens is 2. The van der Waals surface area contributed by atoms with Gasteiger partial charge in [0.2, 0.25) is 0 Å². The van der Waals surface area contributed by atoms with Gasteiger partial charge in [0.15, 0.2) is 0 Å². The maximum Gasteiger partial charge on any atom is 0.418 e. The molecule has 0 saturated carbocycles. The molecule has 1 aromatic heterocycles. The van der Waals surface area contributed by atoms with E-state index in [1.165, 1.54) is 10.7 Å². The maximum atomic E-state index is 13.9. The molecule has 1 saturated heterocycles. The summed E-state index contributed by atoms with van der Waals surface area (Å²) in [6.45, 7) is 1.17. The van der Waals surface area contributed by atoms with Crippen LogP contribution in [0, 0.1) is 0 Å². The molecule has 0 spiro atoms. The minimum Gasteiger partial charge on any atom is -0.381 e. The van der Waals surface area contributed by atoms with Crippen LogP contribution in [0.3, 0.4) is 0 Å². The standard InChI is InChI=1S/C21H16Cl3F3N2O/c22-14-3-1-13(2-4-14)19-11-18(12-5-7-30-8-6-12)28-29(19)20-16(21(25,26)27)9-15(23)10-17(20)24/h1-4,9-12H,5-8H2. The average molecular weight is 476 g/mol. The normalized spacial score (nSPS) is 15.5. The van der Waals surface area contributed by atoms with Crippen molar-refractivity contribution in [1.82, 2.24) is 9.78 Å². The molecule has 2 heterocycles. The number of ether oxygens (including phenoxy) is 1. The molecule has 0 N–H and O–H groups in total. The number of hydrogen-bond donors (Lipinski definition) is 0. The van der Waals surface area contributed by atoms with E-state index in [1.807, 2.05) is 6.07 Å². The van der Waals surface area contributed by atoms with Crippen molar-refractivity contribution in [3.8, 4) is 16.9 Å². The predicted octanol–water partition coefficient (Wildman–Crippen LogP) is 7.41. The fourth-order valence-electron chi connectivity index (χ4n) is 3.59. The van der Waals surface area contributed by atoms with E-state index in [-0.39, 0.29) is 21.7 Å². The van der Waals surface area contributed by atoms with Gasteiger partial charge in [-0.05, 0) is 43.2 Å². The Morgan fingerprint density at radius 1 is 0.933 bits per heavy atom. The first kappa shape index (κ1) is 21.5. The van der Waals surface area contributed by atoms with E-state index in [4.69, 9.17) is 39.5 Å². The first-order valence-electron chi connectivity index (χ1n) is 9.24. The topological polar surface area (TPSA) is 27.1 Å². The molecule has 0 aliphatic carbocycles. The third-order valence-electron chi connectivity index (χ3n) is 5.05. The van der Waals surface area contributed by atoms with E-state index in [9.17, 15) is 13.2 Å². The van der Waals surface area contributed by atoms with Crippen molar-refractivity contribution in [2.75, 3.05) is 13.2 Å². The molecule has 2 aromatic carbocycles. The lowest BCUT2D eigenvalue weighted by Crippen LogP contribution is -2.16. The van der Waals surface area contributed by atoms with Gasteiger partial charge >= 0.3 is 6.18 Å². The van der Waals surface area contributed by atoms with Gasteiger partial charge in [-0.3, -0.25) is 0 Å². The summed E-state index contributed by atoms with van der Waals surface area (Å²) in [5, 5.41) is 4.86. The smallest absolute Gasteiger partial charge is 0.381 e. The molecule has 4 rings (SSSR count). The molecule has 30 heavy (non-hydrogen) atoms. The third kappa shape index (κ3) is 4.33. The van der Waals surface area contributed by atoms with Gasteiger partial charge in [0.05, 0.1) is 27.7 Å². The Labute approximate surface area is 186 Å². The lowest BCUT2D eigenvalue weighted by molar-refractivity contribution is -0.137. The molecule has 0 radical (unpaired) electrons. The fourth-order valence-corrected chi connectivity index (χ4v) is 4.29. The summed E-state index contributed by atoms with van der Waals surface area (Å²) in [4.78, 5) is 0. The number of halogens is 6. The highest BCUT2D eigenvalue weighted by atomic mass is 35.5. The number of rotatable bonds is 3. The summed E-state index contributed by atoms with van der Waals surface area (Å²) in [5.74, 6) is 0.0893. The van der Waals surface area contributed by atoms with E-state index in [0.717, 1.165) is 18.9 Å². The predicted molar refractivity (Wildman–Crippen MR) is 112 cm³/mol. The van der Waals surface area contributed by atoms with Crippen LogP contribution in [-0.2, 0) is 10.9 Å². The number of hydrogen-bond acceptors (Lipinski definition) is 2. The highest BCUT2D eigenvalue weighted by molar-refractivity contribution is 6.36. The van der Waals surface area contributed by atoms with Crippen molar-refractivity contribution in [3.05, 3.63) is 68.8 Å². The van der Waals surface area contributed by atoms with Gasteiger partial charge in [0, 0.05) is 34.7 Å². The Kier molecular flexibility index (Phi) is 6.04. The Balaban J connectivity index is 1.95. The monoisotopic (exact) mass is 474 g/mol. The van der Waals surface area contributed by atoms with Crippen LogP contribution < -0.4 is 0 Å². The summed E-state index contributed by atoms with van der Waals surface area (Å²) in [5.41, 5.74) is 0.656. The molecule has 0 unspecified atom stereocenters. The largest absolute Gasteiger partial charge is 0.418 e. The van der Waals surface area contributed by atoms with Crippen LogP contribution in [0.15, 0.2) is 42.5 Å². The van der Waals surface area contributed by atoms with Crippen molar-refractivity contribution in [2.24, 2.45) is 0 Å². The van der Waals surface area contributed by atoms with E-state index in [0.29, 0.717) is 35.2 Å². The molecule has 1 fully saturated rings. The van der Waals surface area contributed by atoms with E-state index in [1.54, 1.807) is 24.3 Å². The van der Waals surface area contributed by atoms with Gasteiger partial charge in [-0.25, -0.2) is 4.68 Å². The molecule has 158 valence electrons. The number of nitrogens with zero attached hydrogens (tertiary/aromatic N) is 2. The van der Waals surface area contributed by atoms with Crippen molar-refractivity contribution in [1.29, 1.82) is 0 Å². The summed E-state index contributed by atoms with van der Waals surface area (Å²) in [6.07, 6.45) is -3.17. The van der Waals surface area contributed by atoms with Gasteiger partial charge in [-0.1, -0.05) is 46.9 Å². The number of benzene rings is 2. The fraction of sp³-hybridized carbons (Fsp3) is 0.286. The Morgan fingerprint density at radius 3 is 2.23 bits per heavy atom. The van der Waals surface area contributed by atoms with Crippen LogP contribution in [0.5, 0.6) is 0 Å². The lowest BCUT2D eigenvalue weighted by Gasteiger charge is -2.20. The summed E-state index contributed by atoms with van der Waals surface area (Å²) in [7, 11) is 0. The SMILES string of the molecule is FC(F)(F)c1cc(Cl)cc(Cl)c1-n1nc(C2CCOCC2)cc1-c1ccc(Cl)cc1. The first-order valence-corrected chi connectivity index (χ1v) is 10.4. The van der Waals surface area contributed by atoms with Crippen molar-refractivity contribution < 1.29 is 17.9 Å². The van der Waals surface area contributed by atoms with Gasteiger partial charge in [0.25, 0.3) is 0 Å². The molecule has 9 heteroatoms. The molecule has 3 aromatic rings.